The largest absolute Gasteiger partial charge is 0.481 e. The van der Waals surface area contributed by atoms with Gasteiger partial charge in [0.05, 0.1) is 35.6 Å². The summed E-state index contributed by atoms with van der Waals surface area (Å²) in [5.74, 6) is -0.392. The van der Waals surface area contributed by atoms with Crippen LogP contribution in [-0.2, 0) is 15.7 Å². The lowest BCUT2D eigenvalue weighted by Gasteiger charge is -2.26. The first kappa shape index (κ1) is 34.9. The standard InChI is InChI=1S/C25H29ClF4N4O2.C7H12FN/c1-5-7-19(35-4)33-24(34-8-6-10-36-11-9-34)16-13-17(26)20(22(27)15(16)3)23-21(25(28,29)30)14(2)12-18(31)32-23;8-6-4-7-2-1-3-9(7)5-6/h7,12-13H,5-6,8-11H2,1-4H3,(H2,31,32);6-7H,1-5H2/b19-7-,33-24+;. The summed E-state index contributed by atoms with van der Waals surface area (Å²) >= 11 is 6.48. The van der Waals surface area contributed by atoms with Crippen LogP contribution in [0.3, 0.4) is 0 Å². The first-order valence-electron chi connectivity index (χ1n) is 15.2. The van der Waals surface area contributed by atoms with Crippen LogP contribution in [0, 0.1) is 19.7 Å². The maximum absolute atomic E-state index is 15.9. The van der Waals surface area contributed by atoms with E-state index in [9.17, 15) is 17.6 Å². The summed E-state index contributed by atoms with van der Waals surface area (Å²) in [5, 5.41) is -0.242. The topological polar surface area (TPSA) is 76.2 Å². The molecule has 3 aliphatic heterocycles. The van der Waals surface area contributed by atoms with E-state index in [0.717, 1.165) is 19.0 Å². The Bertz CT molecular complexity index is 1400. The number of methoxy groups -OCH3 is 1. The second kappa shape index (κ2) is 15.1. The van der Waals surface area contributed by atoms with Crippen LogP contribution < -0.4 is 5.73 Å². The van der Waals surface area contributed by atoms with Gasteiger partial charge in [-0.1, -0.05) is 18.5 Å². The highest BCUT2D eigenvalue weighted by atomic mass is 35.5. The minimum absolute atomic E-state index is 0.0697. The van der Waals surface area contributed by atoms with Crippen molar-refractivity contribution >= 4 is 23.3 Å². The van der Waals surface area contributed by atoms with Crippen molar-refractivity contribution in [2.24, 2.45) is 4.99 Å². The quantitative estimate of drug-likeness (QED) is 0.157. The Labute approximate surface area is 266 Å². The molecule has 2 N–H and O–H groups in total. The molecule has 3 fully saturated rings. The lowest BCUT2D eigenvalue weighted by atomic mass is 9.95. The van der Waals surface area contributed by atoms with Crippen molar-refractivity contribution in [2.75, 3.05) is 52.2 Å². The predicted molar refractivity (Wildman–Crippen MR) is 167 cm³/mol. The zero-order valence-electron chi connectivity index (χ0n) is 26.1. The number of ether oxygens (including phenoxy) is 2. The van der Waals surface area contributed by atoms with Gasteiger partial charge in [-0.25, -0.2) is 13.8 Å². The number of fused-ring (bicyclic) bond motifs is 1. The van der Waals surface area contributed by atoms with E-state index in [-0.39, 0.29) is 22.0 Å². The number of hydrogen-bond donors (Lipinski definition) is 1. The summed E-state index contributed by atoms with van der Waals surface area (Å²) < 4.78 is 81.3. The van der Waals surface area contributed by atoms with Gasteiger partial charge in [-0.15, -0.1) is 0 Å². The van der Waals surface area contributed by atoms with Crippen LogP contribution in [0.4, 0.5) is 27.8 Å². The Balaban J connectivity index is 0.000000432. The van der Waals surface area contributed by atoms with E-state index in [1.807, 2.05) is 11.8 Å². The third kappa shape index (κ3) is 8.26. The fraction of sp³-hybridized carbons (Fsp3) is 0.562. The molecule has 248 valence electrons. The third-order valence-corrected chi connectivity index (χ3v) is 8.54. The van der Waals surface area contributed by atoms with Crippen molar-refractivity contribution in [3.63, 3.8) is 0 Å². The van der Waals surface area contributed by atoms with Crippen molar-refractivity contribution in [1.82, 2.24) is 14.8 Å². The van der Waals surface area contributed by atoms with Crippen LogP contribution in [0.15, 0.2) is 29.1 Å². The van der Waals surface area contributed by atoms with Crippen molar-refractivity contribution in [2.45, 2.75) is 71.3 Å². The molecule has 0 radical (unpaired) electrons. The first-order chi connectivity index (χ1) is 21.3. The molecule has 2 unspecified atom stereocenters. The van der Waals surface area contributed by atoms with E-state index >= 15 is 4.39 Å². The lowest BCUT2D eigenvalue weighted by molar-refractivity contribution is -0.137. The fourth-order valence-corrected chi connectivity index (χ4v) is 6.42. The number of nitrogen functional groups attached to an aromatic ring is 1. The average Bonchev–Trinajstić information content (AvgIpc) is 3.42. The lowest BCUT2D eigenvalue weighted by Crippen LogP contribution is -2.35. The van der Waals surface area contributed by atoms with Crippen LogP contribution in [0.2, 0.25) is 5.02 Å². The molecule has 2 aromatic rings. The van der Waals surface area contributed by atoms with Gasteiger partial charge in [0.1, 0.15) is 23.6 Å². The highest BCUT2D eigenvalue weighted by molar-refractivity contribution is 6.34. The molecule has 4 heterocycles. The Kier molecular flexibility index (Phi) is 11.7. The molecule has 0 spiro atoms. The predicted octanol–water partition coefficient (Wildman–Crippen LogP) is 7.32. The van der Waals surface area contributed by atoms with Crippen molar-refractivity contribution < 1.29 is 31.4 Å². The van der Waals surface area contributed by atoms with Crippen LogP contribution in [-0.4, -0.2) is 79.3 Å². The molecule has 0 saturated carbocycles. The summed E-state index contributed by atoms with van der Waals surface area (Å²) in [7, 11) is 1.48. The second-order valence-electron chi connectivity index (χ2n) is 11.5. The Hall–Kier alpha value is -2.96. The van der Waals surface area contributed by atoms with Crippen molar-refractivity contribution in [3.8, 4) is 11.3 Å². The number of aryl methyl sites for hydroxylation is 1. The maximum atomic E-state index is 15.9. The number of pyridine rings is 1. The SMILES string of the molecule is CC/C=C(/N=C(\c1cc(Cl)c(-c2nc(N)cc(C)c2C(F)(F)F)c(F)c1C)N1CCCOCC1)OC.FC1CC2CCCN2C1. The minimum Gasteiger partial charge on any atom is -0.481 e. The molecule has 3 saturated heterocycles. The van der Waals surface area contributed by atoms with E-state index in [0.29, 0.717) is 69.0 Å². The smallest absolute Gasteiger partial charge is 0.418 e. The molecule has 0 amide bonds. The van der Waals surface area contributed by atoms with E-state index in [1.54, 1.807) is 6.08 Å². The second-order valence-corrected chi connectivity index (χ2v) is 11.9. The monoisotopic (exact) mass is 657 g/mol. The minimum atomic E-state index is -4.79. The van der Waals surface area contributed by atoms with Gasteiger partial charge in [-0.05, 0) is 81.8 Å². The third-order valence-electron chi connectivity index (χ3n) is 8.25. The molecule has 5 rings (SSSR count). The molecule has 1 aromatic carbocycles. The van der Waals surface area contributed by atoms with Gasteiger partial charge in [0, 0.05) is 37.8 Å². The van der Waals surface area contributed by atoms with E-state index in [1.165, 1.54) is 39.9 Å². The summed E-state index contributed by atoms with van der Waals surface area (Å²) in [6.45, 7) is 8.56. The molecule has 7 nitrogen and oxygen atoms in total. The number of benzene rings is 1. The molecular formula is C32H41ClF5N5O2. The van der Waals surface area contributed by atoms with Gasteiger partial charge in [0.25, 0.3) is 0 Å². The zero-order chi connectivity index (χ0) is 32.9. The Morgan fingerprint density at radius 3 is 2.62 bits per heavy atom. The number of hydrogen-bond acceptors (Lipinski definition) is 6. The van der Waals surface area contributed by atoms with Gasteiger partial charge in [0.15, 0.2) is 0 Å². The number of aromatic nitrogens is 1. The summed E-state index contributed by atoms with van der Waals surface area (Å²) in [6.07, 6.45) is 1.16. The number of alkyl halides is 4. The normalized spacial score (nSPS) is 21.3. The molecular weight excluding hydrogens is 617 g/mol. The molecule has 45 heavy (non-hydrogen) atoms. The van der Waals surface area contributed by atoms with Gasteiger partial charge in [-0.2, -0.15) is 18.2 Å². The average molecular weight is 658 g/mol. The number of aliphatic imine (C=N–C) groups is 1. The van der Waals surface area contributed by atoms with Gasteiger partial charge in [0.2, 0.25) is 5.88 Å². The molecule has 13 heteroatoms. The van der Waals surface area contributed by atoms with Crippen LogP contribution in [0.5, 0.6) is 0 Å². The van der Waals surface area contributed by atoms with Crippen molar-refractivity contribution in [3.05, 3.63) is 57.2 Å². The van der Waals surface area contributed by atoms with E-state index < -0.39 is 35.0 Å². The number of nitrogens with zero attached hydrogens (tertiary/aromatic N) is 4. The molecule has 0 aliphatic carbocycles. The zero-order valence-corrected chi connectivity index (χ0v) is 26.9. The summed E-state index contributed by atoms with van der Waals surface area (Å²) in [5.41, 5.74) is 3.76. The number of rotatable bonds is 5. The van der Waals surface area contributed by atoms with E-state index in [2.05, 4.69) is 14.9 Å². The number of amidine groups is 1. The number of halogens is 6. The van der Waals surface area contributed by atoms with Crippen LogP contribution in [0.25, 0.3) is 11.3 Å². The maximum Gasteiger partial charge on any atom is 0.418 e. The number of allylic oxidation sites excluding steroid dienone is 1. The van der Waals surface area contributed by atoms with Gasteiger partial charge < -0.3 is 20.1 Å². The van der Waals surface area contributed by atoms with Crippen LogP contribution >= 0.6 is 11.6 Å². The fourth-order valence-electron chi connectivity index (χ4n) is 6.14. The molecule has 1 aromatic heterocycles. The Morgan fingerprint density at radius 2 is 1.96 bits per heavy atom. The summed E-state index contributed by atoms with van der Waals surface area (Å²) in [6, 6.07) is 3.12. The highest BCUT2D eigenvalue weighted by Crippen LogP contribution is 2.43. The number of nitrogens with two attached hydrogens (primary N) is 1. The van der Waals surface area contributed by atoms with E-state index in [4.69, 9.17) is 26.8 Å². The van der Waals surface area contributed by atoms with Crippen LogP contribution in [0.1, 0.15) is 61.3 Å². The number of anilines is 1. The van der Waals surface area contributed by atoms with Gasteiger partial charge in [-0.3, -0.25) is 4.90 Å². The summed E-state index contributed by atoms with van der Waals surface area (Å²) in [4.78, 5) is 12.7. The highest BCUT2D eigenvalue weighted by Gasteiger charge is 2.39. The molecule has 3 aliphatic rings. The molecule has 2 atom stereocenters. The molecule has 0 bridgehead atoms. The van der Waals surface area contributed by atoms with Crippen molar-refractivity contribution in [1.29, 1.82) is 0 Å². The van der Waals surface area contributed by atoms with Gasteiger partial charge >= 0.3 is 6.18 Å². The first-order valence-corrected chi connectivity index (χ1v) is 15.6. The Morgan fingerprint density at radius 1 is 1.20 bits per heavy atom.